The number of rotatable bonds is 3. The summed E-state index contributed by atoms with van der Waals surface area (Å²) in [4.78, 5) is 6.59. The maximum absolute atomic E-state index is 14.0. The summed E-state index contributed by atoms with van der Waals surface area (Å²) in [6.45, 7) is 1.78. The Morgan fingerprint density at radius 2 is 2.04 bits per heavy atom. The Balaban J connectivity index is 0.00000210. The van der Waals surface area contributed by atoms with E-state index in [2.05, 4.69) is 26.5 Å². The second-order valence-electron chi connectivity index (χ2n) is 7.15. The van der Waals surface area contributed by atoms with Gasteiger partial charge in [0.05, 0.1) is 6.20 Å². The summed E-state index contributed by atoms with van der Waals surface area (Å²) in [5.41, 5.74) is 1.43. The zero-order chi connectivity index (χ0) is 18.3. The molecule has 4 rings (SSSR count). The van der Waals surface area contributed by atoms with Gasteiger partial charge in [-0.15, -0.1) is 24.0 Å². The van der Waals surface area contributed by atoms with Gasteiger partial charge in [0.2, 0.25) is 0 Å². The lowest BCUT2D eigenvalue weighted by Crippen LogP contribution is -2.41. The molecule has 1 aliphatic carbocycles. The Kier molecular flexibility index (Phi) is 6.02. The summed E-state index contributed by atoms with van der Waals surface area (Å²) >= 11 is 0. The first-order valence-corrected chi connectivity index (χ1v) is 8.97. The molecule has 2 heterocycles. The first kappa shape index (κ1) is 20.0. The fraction of sp³-hybridized carbons (Fsp3) is 0.474. The highest BCUT2D eigenvalue weighted by Gasteiger charge is 2.43. The minimum absolute atomic E-state index is 0. The number of aryl methyl sites for hydroxylation is 1. The highest BCUT2D eigenvalue weighted by molar-refractivity contribution is 14.0. The monoisotopic (exact) mass is 487 g/mol. The molecule has 146 valence electrons. The number of aliphatic imine (C=N–C) groups is 1. The minimum atomic E-state index is -0.466. The molecular weight excluding hydrogens is 463 g/mol. The van der Waals surface area contributed by atoms with Gasteiger partial charge in [-0.1, -0.05) is 6.07 Å². The van der Waals surface area contributed by atoms with Gasteiger partial charge in [0.25, 0.3) is 0 Å². The Labute approximate surface area is 174 Å². The Bertz CT molecular complexity index is 817. The van der Waals surface area contributed by atoms with Crippen LogP contribution < -0.4 is 5.32 Å². The molecule has 1 saturated carbocycles. The SMILES string of the molecule is CN=C(NC1CC1c1c(F)cccc1F)N1CCC(c2cnn(C)c2)C1.I. The van der Waals surface area contributed by atoms with Gasteiger partial charge < -0.3 is 10.2 Å². The van der Waals surface area contributed by atoms with Gasteiger partial charge in [0, 0.05) is 56.8 Å². The number of likely N-dealkylation sites (tertiary alicyclic amines) is 1. The van der Waals surface area contributed by atoms with E-state index >= 15 is 0 Å². The minimum Gasteiger partial charge on any atom is -0.353 e. The average molecular weight is 487 g/mol. The van der Waals surface area contributed by atoms with Crippen LogP contribution in [0.4, 0.5) is 8.78 Å². The second kappa shape index (κ2) is 8.12. The molecule has 0 amide bonds. The maximum Gasteiger partial charge on any atom is 0.193 e. The molecule has 5 nitrogen and oxygen atoms in total. The van der Waals surface area contributed by atoms with E-state index in [-0.39, 0.29) is 41.5 Å². The van der Waals surface area contributed by atoms with Crippen LogP contribution in [0.15, 0.2) is 35.6 Å². The number of hydrogen-bond donors (Lipinski definition) is 1. The molecule has 8 heteroatoms. The second-order valence-corrected chi connectivity index (χ2v) is 7.15. The van der Waals surface area contributed by atoms with E-state index < -0.39 is 11.6 Å². The van der Waals surface area contributed by atoms with Crippen LogP contribution in [0.5, 0.6) is 0 Å². The standard InChI is InChI=1S/C19H23F2N5.HI/c1-22-19(26-7-6-12(11-26)13-9-23-25(2)10-13)24-17-8-14(17)18-15(20)4-3-5-16(18)21;/h3-5,9-10,12,14,17H,6-8,11H2,1-2H3,(H,22,24);1H. The van der Waals surface area contributed by atoms with Crippen LogP contribution in [0, 0.1) is 11.6 Å². The molecule has 0 radical (unpaired) electrons. The third kappa shape index (κ3) is 4.09. The number of benzene rings is 1. The zero-order valence-corrected chi connectivity index (χ0v) is 17.7. The maximum atomic E-state index is 14.0. The van der Waals surface area contributed by atoms with Crippen LogP contribution in [-0.2, 0) is 7.05 Å². The fourth-order valence-electron chi connectivity index (χ4n) is 3.88. The highest BCUT2D eigenvalue weighted by Crippen LogP contribution is 2.43. The van der Waals surface area contributed by atoms with E-state index in [1.165, 1.54) is 23.8 Å². The van der Waals surface area contributed by atoms with Crippen molar-refractivity contribution in [3.63, 3.8) is 0 Å². The van der Waals surface area contributed by atoms with Crippen LogP contribution in [0.2, 0.25) is 0 Å². The molecule has 2 aromatic rings. The predicted octanol–water partition coefficient (Wildman–Crippen LogP) is 3.24. The van der Waals surface area contributed by atoms with E-state index in [9.17, 15) is 8.78 Å². The van der Waals surface area contributed by atoms with Gasteiger partial charge in [0.1, 0.15) is 11.6 Å². The zero-order valence-electron chi connectivity index (χ0n) is 15.4. The first-order valence-electron chi connectivity index (χ1n) is 8.97. The fourth-order valence-corrected chi connectivity index (χ4v) is 3.88. The van der Waals surface area contributed by atoms with Crippen LogP contribution in [0.25, 0.3) is 0 Å². The van der Waals surface area contributed by atoms with Gasteiger partial charge in [-0.25, -0.2) is 8.78 Å². The first-order chi connectivity index (χ1) is 12.6. The van der Waals surface area contributed by atoms with Crippen molar-refractivity contribution in [1.82, 2.24) is 20.0 Å². The lowest BCUT2D eigenvalue weighted by atomic mass is 10.0. The summed E-state index contributed by atoms with van der Waals surface area (Å²) in [6, 6.07) is 4.07. The van der Waals surface area contributed by atoms with E-state index in [1.54, 1.807) is 7.05 Å². The van der Waals surface area contributed by atoms with Crippen molar-refractivity contribution < 1.29 is 8.78 Å². The van der Waals surface area contributed by atoms with Crippen LogP contribution in [-0.4, -0.2) is 46.8 Å². The van der Waals surface area contributed by atoms with E-state index in [0.717, 1.165) is 31.9 Å². The van der Waals surface area contributed by atoms with Gasteiger partial charge in [-0.2, -0.15) is 5.10 Å². The largest absolute Gasteiger partial charge is 0.353 e. The molecule has 3 atom stereocenters. The number of guanidine groups is 1. The third-order valence-electron chi connectivity index (χ3n) is 5.37. The Morgan fingerprint density at radius 1 is 1.30 bits per heavy atom. The summed E-state index contributed by atoms with van der Waals surface area (Å²) in [5.74, 6) is 0.172. The van der Waals surface area contributed by atoms with Crippen molar-refractivity contribution in [2.45, 2.75) is 30.7 Å². The predicted molar refractivity (Wildman–Crippen MR) is 112 cm³/mol. The average Bonchev–Trinajstić information content (AvgIpc) is 3.00. The summed E-state index contributed by atoms with van der Waals surface area (Å²) < 4.78 is 29.7. The lowest BCUT2D eigenvalue weighted by molar-refractivity contribution is 0.483. The van der Waals surface area contributed by atoms with Crippen molar-refractivity contribution in [2.75, 3.05) is 20.1 Å². The smallest absolute Gasteiger partial charge is 0.193 e. The number of aromatic nitrogens is 2. The van der Waals surface area contributed by atoms with Gasteiger partial charge >= 0.3 is 0 Å². The van der Waals surface area contributed by atoms with E-state index in [4.69, 9.17) is 0 Å². The van der Waals surface area contributed by atoms with Crippen molar-refractivity contribution >= 4 is 29.9 Å². The molecule has 1 N–H and O–H groups in total. The summed E-state index contributed by atoms with van der Waals surface area (Å²) in [7, 11) is 3.67. The molecule has 0 spiro atoms. The Morgan fingerprint density at radius 3 is 2.67 bits per heavy atom. The molecule has 27 heavy (non-hydrogen) atoms. The number of hydrogen-bond acceptors (Lipinski definition) is 2. The summed E-state index contributed by atoms with van der Waals surface area (Å²) in [5, 5.41) is 7.64. The van der Waals surface area contributed by atoms with Crippen molar-refractivity contribution in [1.29, 1.82) is 0 Å². The van der Waals surface area contributed by atoms with Gasteiger partial charge in [0.15, 0.2) is 5.96 Å². The lowest BCUT2D eigenvalue weighted by Gasteiger charge is -2.22. The van der Waals surface area contributed by atoms with Crippen molar-refractivity contribution in [2.24, 2.45) is 12.0 Å². The topological polar surface area (TPSA) is 45.5 Å². The molecule has 1 aromatic heterocycles. The summed E-state index contributed by atoms with van der Waals surface area (Å²) in [6.07, 6.45) is 5.74. The molecule has 0 bridgehead atoms. The molecule has 1 aliphatic heterocycles. The van der Waals surface area contributed by atoms with Gasteiger partial charge in [-0.05, 0) is 30.5 Å². The number of halogens is 3. The molecule has 2 fully saturated rings. The molecule has 1 aromatic carbocycles. The number of nitrogens with one attached hydrogen (secondary N) is 1. The van der Waals surface area contributed by atoms with E-state index in [0.29, 0.717) is 5.92 Å². The van der Waals surface area contributed by atoms with E-state index in [1.807, 2.05) is 17.9 Å². The number of nitrogens with zero attached hydrogens (tertiary/aromatic N) is 4. The van der Waals surface area contributed by atoms with Gasteiger partial charge in [-0.3, -0.25) is 9.67 Å². The Hall–Kier alpha value is -1.71. The normalized spacial score (nSPS) is 24.7. The molecular formula is C19H24F2IN5. The van der Waals surface area contributed by atoms with Crippen molar-refractivity contribution in [3.8, 4) is 0 Å². The molecule has 1 saturated heterocycles. The molecule has 3 unspecified atom stereocenters. The van der Waals surface area contributed by atoms with Crippen LogP contribution >= 0.6 is 24.0 Å². The quantitative estimate of drug-likeness (QED) is 0.411. The highest BCUT2D eigenvalue weighted by atomic mass is 127. The van der Waals surface area contributed by atoms with Crippen LogP contribution in [0.3, 0.4) is 0 Å². The third-order valence-corrected chi connectivity index (χ3v) is 5.37. The van der Waals surface area contributed by atoms with Crippen LogP contribution in [0.1, 0.15) is 35.8 Å². The molecule has 2 aliphatic rings. The van der Waals surface area contributed by atoms with Crippen molar-refractivity contribution in [3.05, 3.63) is 53.4 Å².